The largest absolute Gasteiger partial charge is 1.00 e. The van der Waals surface area contributed by atoms with Gasteiger partial charge in [-0.2, -0.15) is 0 Å². The molecule has 2 aliphatic heterocycles. The van der Waals surface area contributed by atoms with E-state index in [9.17, 15) is 15.0 Å². The maximum absolute atomic E-state index is 14.3. The zero-order valence-corrected chi connectivity index (χ0v) is 18.7. The Morgan fingerprint density at radius 3 is 1.35 bits per heavy atom. The maximum Gasteiger partial charge on any atom is 0.159 e. The Morgan fingerprint density at radius 2 is 1.03 bits per heavy atom. The average Bonchev–Trinajstić information content (AvgIpc) is 2.78. The number of ketones is 1. The van der Waals surface area contributed by atoms with Crippen LogP contribution in [-0.4, -0.2) is 78.3 Å². The Hall–Kier alpha value is -1.76. The molecule has 6 heteroatoms. The summed E-state index contributed by atoms with van der Waals surface area (Å²) >= 11 is 0. The van der Waals surface area contributed by atoms with Gasteiger partial charge in [0.2, 0.25) is 0 Å². The molecule has 2 N–H and O–H groups in total. The van der Waals surface area contributed by atoms with Crippen LogP contribution < -0.4 is 12.4 Å². The molecular formula is C25H32ClN2O3-. The van der Waals surface area contributed by atoms with Crippen molar-refractivity contribution < 1.29 is 27.4 Å². The van der Waals surface area contributed by atoms with Gasteiger partial charge in [0.15, 0.2) is 5.78 Å². The minimum atomic E-state index is -0.613. The number of hydrogen-bond donors (Lipinski definition) is 2. The molecule has 5 nitrogen and oxygen atoms in total. The summed E-state index contributed by atoms with van der Waals surface area (Å²) in [5.41, 5.74) is 0.909. The third-order valence-corrected chi connectivity index (χ3v) is 6.76. The molecule has 0 aromatic heterocycles. The zero-order valence-electron chi connectivity index (χ0n) is 17.9. The molecule has 2 heterocycles. The van der Waals surface area contributed by atoms with Crippen molar-refractivity contribution in [3.63, 3.8) is 0 Å². The lowest BCUT2D eigenvalue weighted by molar-refractivity contribution is -0.144. The molecule has 2 saturated heterocycles. The summed E-state index contributed by atoms with van der Waals surface area (Å²) in [6, 6.07) is 20.4. The summed E-state index contributed by atoms with van der Waals surface area (Å²) in [5, 5.41) is 18.9. The minimum absolute atomic E-state index is 0. The molecule has 0 aliphatic carbocycles. The topological polar surface area (TPSA) is 64.0 Å². The summed E-state index contributed by atoms with van der Waals surface area (Å²) < 4.78 is 0. The van der Waals surface area contributed by atoms with E-state index in [1.807, 2.05) is 36.4 Å². The number of rotatable bonds is 8. The molecule has 2 bridgehead atoms. The number of benzene rings is 2. The molecule has 0 spiro atoms. The highest BCUT2D eigenvalue weighted by Crippen LogP contribution is 2.46. The Balaban J connectivity index is 0.00000272. The molecule has 2 aliphatic rings. The molecule has 0 radical (unpaired) electrons. The lowest BCUT2D eigenvalue weighted by atomic mass is 9.57. The van der Waals surface area contributed by atoms with E-state index in [1.54, 1.807) is 0 Å². The number of aliphatic hydroxyl groups is 2. The van der Waals surface area contributed by atoms with Crippen molar-refractivity contribution in [2.45, 2.75) is 23.7 Å². The van der Waals surface area contributed by atoms with E-state index in [-0.39, 0.29) is 25.6 Å². The van der Waals surface area contributed by atoms with Gasteiger partial charge in [-0.25, -0.2) is 0 Å². The van der Waals surface area contributed by atoms with E-state index in [0.717, 1.165) is 24.2 Å². The second-order valence-electron chi connectivity index (χ2n) is 8.80. The fourth-order valence-corrected chi connectivity index (χ4v) is 5.53. The molecule has 2 aromatic rings. The molecule has 168 valence electrons. The smallest absolute Gasteiger partial charge is 0.159 e. The predicted octanol–water partition coefficient (Wildman–Crippen LogP) is -1.17. The number of Topliss-reactive ketones (excluding diaryl/α,β-unsaturated/α-hetero) is 1. The number of nitrogens with zero attached hydrogens (tertiary/aromatic N) is 2. The van der Waals surface area contributed by atoms with E-state index in [1.165, 1.54) is 0 Å². The van der Waals surface area contributed by atoms with Gasteiger partial charge in [0.1, 0.15) is 0 Å². The van der Waals surface area contributed by atoms with Crippen LogP contribution in [0, 0.1) is 0 Å². The number of fused-ring (bicyclic) bond motifs is 2. The predicted molar refractivity (Wildman–Crippen MR) is 118 cm³/mol. The first-order valence-electron chi connectivity index (χ1n) is 11.0. The van der Waals surface area contributed by atoms with Gasteiger partial charge in [-0.1, -0.05) is 60.7 Å². The van der Waals surface area contributed by atoms with Crippen molar-refractivity contribution in [1.29, 1.82) is 0 Å². The van der Waals surface area contributed by atoms with Crippen LogP contribution in [-0.2, 0) is 15.6 Å². The Kier molecular flexibility index (Phi) is 7.89. The standard InChI is InChI=1S/C25H32N2O3.ClH/c28-15-7-13-26-17-24(21-9-3-1-4-10-21)18-27(14-8-16-29)20-25(19-26,23(24)30)22-11-5-2-6-12-22;/h1-6,9-12,28-29H,7-8,13-20H2;1H/p-1. The summed E-state index contributed by atoms with van der Waals surface area (Å²) in [6.07, 6.45) is 1.41. The van der Waals surface area contributed by atoms with Crippen molar-refractivity contribution in [1.82, 2.24) is 9.80 Å². The van der Waals surface area contributed by atoms with Gasteiger partial charge in [-0.05, 0) is 24.0 Å². The lowest BCUT2D eigenvalue weighted by Crippen LogP contribution is -3.00. The Bertz CT molecular complexity index is 765. The third kappa shape index (κ3) is 4.43. The lowest BCUT2D eigenvalue weighted by Gasteiger charge is -2.58. The van der Waals surface area contributed by atoms with Gasteiger partial charge in [-0.3, -0.25) is 4.79 Å². The van der Waals surface area contributed by atoms with Crippen LogP contribution in [0.15, 0.2) is 60.7 Å². The highest BCUT2D eigenvalue weighted by atomic mass is 35.5. The quantitative estimate of drug-likeness (QED) is 0.538. The maximum atomic E-state index is 14.3. The highest BCUT2D eigenvalue weighted by Gasteiger charge is 2.61. The van der Waals surface area contributed by atoms with Crippen LogP contribution in [0.3, 0.4) is 0 Å². The molecule has 0 atom stereocenters. The molecule has 4 rings (SSSR count). The van der Waals surface area contributed by atoms with Gasteiger partial charge < -0.3 is 32.4 Å². The summed E-state index contributed by atoms with van der Waals surface area (Å²) in [5.74, 6) is 0.313. The van der Waals surface area contributed by atoms with Crippen LogP contribution in [0.5, 0.6) is 0 Å². The average molecular weight is 444 g/mol. The van der Waals surface area contributed by atoms with Gasteiger partial charge in [0, 0.05) is 52.5 Å². The van der Waals surface area contributed by atoms with Crippen LogP contribution in [0.25, 0.3) is 0 Å². The van der Waals surface area contributed by atoms with E-state index >= 15 is 0 Å². The van der Waals surface area contributed by atoms with Crippen LogP contribution in [0.4, 0.5) is 0 Å². The van der Waals surface area contributed by atoms with Crippen molar-refractivity contribution in [2.24, 2.45) is 0 Å². The molecule has 2 fully saturated rings. The first kappa shape index (κ1) is 23.9. The van der Waals surface area contributed by atoms with Gasteiger partial charge in [0.05, 0.1) is 10.8 Å². The van der Waals surface area contributed by atoms with Gasteiger partial charge >= 0.3 is 0 Å². The fourth-order valence-electron chi connectivity index (χ4n) is 5.53. The molecule has 31 heavy (non-hydrogen) atoms. The molecule has 0 amide bonds. The zero-order chi connectivity index (χ0) is 21.0. The SMILES string of the molecule is O=C1C2(c3ccccc3)CN(CCCO)CC1(c1ccccc1)CN(CCCO)C2.[Cl-]. The summed E-state index contributed by atoms with van der Waals surface area (Å²) in [4.78, 5) is 19.1. The van der Waals surface area contributed by atoms with E-state index in [4.69, 9.17) is 0 Å². The first-order chi connectivity index (χ1) is 14.6. The van der Waals surface area contributed by atoms with Crippen molar-refractivity contribution in [3.05, 3.63) is 71.8 Å². The fraction of sp³-hybridized carbons (Fsp3) is 0.480. The monoisotopic (exact) mass is 443 g/mol. The van der Waals surface area contributed by atoms with Crippen LogP contribution in [0.1, 0.15) is 24.0 Å². The first-order valence-corrected chi connectivity index (χ1v) is 11.0. The molecule has 0 saturated carbocycles. The van der Waals surface area contributed by atoms with Crippen molar-refractivity contribution >= 4 is 5.78 Å². The number of likely N-dealkylation sites (tertiary alicyclic amines) is 2. The highest BCUT2D eigenvalue weighted by molar-refractivity contribution is 6.01. The van der Waals surface area contributed by atoms with Crippen LogP contribution >= 0.6 is 0 Å². The molecular weight excluding hydrogens is 412 g/mol. The van der Waals surface area contributed by atoms with Crippen molar-refractivity contribution in [3.8, 4) is 0 Å². The third-order valence-electron chi connectivity index (χ3n) is 6.76. The van der Waals surface area contributed by atoms with E-state index < -0.39 is 10.8 Å². The number of piperidine rings is 2. The van der Waals surface area contributed by atoms with Gasteiger partial charge in [0.25, 0.3) is 0 Å². The summed E-state index contributed by atoms with van der Waals surface area (Å²) in [7, 11) is 0. The normalized spacial score (nSPS) is 26.5. The Labute approximate surface area is 191 Å². The van der Waals surface area contributed by atoms with Crippen LogP contribution in [0.2, 0.25) is 0 Å². The molecule has 0 unspecified atom stereocenters. The number of hydrogen-bond acceptors (Lipinski definition) is 5. The van der Waals surface area contributed by atoms with E-state index in [0.29, 0.717) is 44.8 Å². The number of aliphatic hydroxyl groups excluding tert-OH is 2. The Morgan fingerprint density at radius 1 is 0.677 bits per heavy atom. The number of carbonyl (C=O) groups excluding carboxylic acids is 1. The second kappa shape index (κ2) is 10.2. The van der Waals surface area contributed by atoms with Crippen molar-refractivity contribution in [2.75, 3.05) is 52.5 Å². The minimum Gasteiger partial charge on any atom is -1.00 e. The number of carbonyl (C=O) groups is 1. The number of halogens is 1. The summed E-state index contributed by atoms with van der Waals surface area (Å²) in [6.45, 7) is 4.54. The second-order valence-corrected chi connectivity index (χ2v) is 8.80. The van der Waals surface area contributed by atoms with Gasteiger partial charge in [-0.15, -0.1) is 0 Å². The van der Waals surface area contributed by atoms with E-state index in [2.05, 4.69) is 34.1 Å². The molecule has 2 aromatic carbocycles.